The van der Waals surface area contributed by atoms with Crippen LogP contribution in [0.25, 0.3) is 0 Å². The van der Waals surface area contributed by atoms with Crippen LogP contribution in [0.1, 0.15) is 17.2 Å². The van der Waals surface area contributed by atoms with Gasteiger partial charge in [-0.15, -0.1) is 31.4 Å². The van der Waals surface area contributed by atoms with Crippen molar-refractivity contribution in [1.82, 2.24) is 10.2 Å². The number of nitrogens with zero attached hydrogens (tertiary/aromatic N) is 1. The van der Waals surface area contributed by atoms with Gasteiger partial charge in [-0.25, -0.2) is 4.39 Å². The van der Waals surface area contributed by atoms with Gasteiger partial charge < -0.3 is 5.32 Å². The van der Waals surface area contributed by atoms with E-state index in [1.807, 2.05) is 4.90 Å². The molecule has 0 spiro atoms. The summed E-state index contributed by atoms with van der Waals surface area (Å²) in [5, 5.41) is 3.16. The summed E-state index contributed by atoms with van der Waals surface area (Å²) in [5.41, 5.74) is -0.677. The second-order valence-electron chi connectivity index (χ2n) is 4.74. The molecule has 1 atom stereocenters. The van der Waals surface area contributed by atoms with Gasteiger partial charge in [0, 0.05) is 26.2 Å². The van der Waals surface area contributed by atoms with E-state index in [2.05, 4.69) is 11.9 Å². The molecule has 0 bridgehead atoms. The Morgan fingerprint density at radius 1 is 1.14 bits per heavy atom. The number of benzene rings is 1. The molecule has 126 valence electrons. The van der Waals surface area contributed by atoms with Gasteiger partial charge in [0.1, 0.15) is 5.82 Å². The topological polar surface area (TPSA) is 15.3 Å². The average molecular weight is 361 g/mol. The van der Waals surface area contributed by atoms with Crippen LogP contribution >= 0.6 is 24.8 Å². The number of hydrogen-bond donors (Lipinski definition) is 1. The Bertz CT molecular complexity index is 488. The molecule has 0 radical (unpaired) electrons. The standard InChI is InChI=1S/C14H16F4N2.2ClH/c1-2-13(20-5-3-19-4-6-20)10-7-11(14(16,17)18)9-12(15)8-10;;/h2,7-9,13,19H,1,3-6H2;2*1H/t13-;;/m1../s1. The van der Waals surface area contributed by atoms with Gasteiger partial charge in [0.15, 0.2) is 0 Å². The van der Waals surface area contributed by atoms with Crippen molar-refractivity contribution in [1.29, 1.82) is 0 Å². The third-order valence-electron chi connectivity index (χ3n) is 3.36. The fraction of sp³-hybridized carbons (Fsp3) is 0.429. The minimum absolute atomic E-state index is 0. The first kappa shape index (κ1) is 21.2. The molecule has 8 heteroatoms. The molecule has 2 nitrogen and oxygen atoms in total. The van der Waals surface area contributed by atoms with Crippen molar-refractivity contribution in [3.05, 3.63) is 47.8 Å². The van der Waals surface area contributed by atoms with Gasteiger partial charge in [0.2, 0.25) is 0 Å². The van der Waals surface area contributed by atoms with E-state index >= 15 is 0 Å². The largest absolute Gasteiger partial charge is 0.416 e. The van der Waals surface area contributed by atoms with Gasteiger partial charge in [-0.1, -0.05) is 6.08 Å². The van der Waals surface area contributed by atoms with Crippen molar-refractivity contribution >= 4 is 24.8 Å². The summed E-state index contributed by atoms with van der Waals surface area (Å²) in [6, 6.07) is 2.25. The highest BCUT2D eigenvalue weighted by Gasteiger charge is 2.32. The summed E-state index contributed by atoms with van der Waals surface area (Å²) in [7, 11) is 0. The maximum absolute atomic E-state index is 13.5. The maximum atomic E-state index is 13.5. The smallest absolute Gasteiger partial charge is 0.314 e. The highest BCUT2D eigenvalue weighted by Crippen LogP contribution is 2.33. The van der Waals surface area contributed by atoms with Gasteiger partial charge in [-0.2, -0.15) is 13.2 Å². The number of hydrogen-bond acceptors (Lipinski definition) is 2. The second kappa shape index (κ2) is 8.72. The Kier molecular flexibility index (Phi) is 8.39. The lowest BCUT2D eigenvalue weighted by molar-refractivity contribution is -0.137. The Morgan fingerprint density at radius 2 is 1.73 bits per heavy atom. The van der Waals surface area contributed by atoms with Crippen molar-refractivity contribution < 1.29 is 17.6 Å². The molecule has 1 aliphatic rings. The Morgan fingerprint density at radius 3 is 2.23 bits per heavy atom. The molecule has 1 aromatic carbocycles. The van der Waals surface area contributed by atoms with E-state index in [0.717, 1.165) is 25.2 Å². The van der Waals surface area contributed by atoms with Crippen LogP contribution in [0.15, 0.2) is 30.9 Å². The Hall–Kier alpha value is -0.820. The summed E-state index contributed by atoms with van der Waals surface area (Å²) in [4.78, 5) is 1.98. The van der Waals surface area contributed by atoms with Gasteiger partial charge in [-0.05, 0) is 23.8 Å². The lowest BCUT2D eigenvalue weighted by Gasteiger charge is -2.33. The van der Waals surface area contributed by atoms with Gasteiger partial charge in [0.05, 0.1) is 11.6 Å². The molecule has 1 saturated heterocycles. The van der Waals surface area contributed by atoms with E-state index in [4.69, 9.17) is 0 Å². The number of alkyl halides is 3. The summed E-state index contributed by atoms with van der Waals surface area (Å²) in [6.07, 6.45) is -2.99. The Balaban J connectivity index is 0.00000220. The molecule has 0 amide bonds. The summed E-state index contributed by atoms with van der Waals surface area (Å²) in [5.74, 6) is -0.878. The highest BCUT2D eigenvalue weighted by molar-refractivity contribution is 5.85. The van der Waals surface area contributed by atoms with Crippen molar-refractivity contribution in [2.75, 3.05) is 26.2 Å². The molecule has 2 rings (SSSR count). The van der Waals surface area contributed by atoms with Crippen LogP contribution in [0.5, 0.6) is 0 Å². The number of rotatable bonds is 3. The van der Waals surface area contributed by atoms with Crippen molar-refractivity contribution in [3.8, 4) is 0 Å². The third kappa shape index (κ3) is 5.12. The van der Waals surface area contributed by atoms with Gasteiger partial charge in [-0.3, -0.25) is 4.90 Å². The predicted molar refractivity (Wildman–Crippen MR) is 83.3 cm³/mol. The minimum atomic E-state index is -4.55. The zero-order valence-electron chi connectivity index (χ0n) is 11.7. The molecular weight excluding hydrogens is 343 g/mol. The summed E-state index contributed by atoms with van der Waals surface area (Å²) >= 11 is 0. The summed E-state index contributed by atoms with van der Waals surface area (Å²) < 4.78 is 51.7. The number of nitrogens with one attached hydrogen (secondary N) is 1. The Labute approximate surface area is 139 Å². The van der Waals surface area contributed by atoms with Crippen molar-refractivity contribution in [2.24, 2.45) is 0 Å². The van der Waals surface area contributed by atoms with E-state index in [0.29, 0.717) is 19.2 Å². The zero-order chi connectivity index (χ0) is 14.8. The minimum Gasteiger partial charge on any atom is -0.314 e. The van der Waals surface area contributed by atoms with Crippen LogP contribution in [0.3, 0.4) is 0 Å². The average Bonchev–Trinajstić information content (AvgIpc) is 2.39. The van der Waals surface area contributed by atoms with Gasteiger partial charge >= 0.3 is 6.18 Å². The summed E-state index contributed by atoms with van der Waals surface area (Å²) in [6.45, 7) is 6.56. The third-order valence-corrected chi connectivity index (χ3v) is 3.36. The zero-order valence-corrected chi connectivity index (χ0v) is 13.3. The van der Waals surface area contributed by atoms with Crippen LogP contribution in [-0.2, 0) is 6.18 Å². The molecule has 22 heavy (non-hydrogen) atoms. The normalized spacial score (nSPS) is 17.1. The van der Waals surface area contributed by atoms with Crippen LogP contribution in [0, 0.1) is 5.82 Å². The molecular formula is C14H18Cl2F4N2. The fourth-order valence-corrected chi connectivity index (χ4v) is 2.40. The van der Waals surface area contributed by atoms with E-state index in [1.54, 1.807) is 6.08 Å². The van der Waals surface area contributed by atoms with Crippen LogP contribution in [0.2, 0.25) is 0 Å². The molecule has 1 aliphatic heterocycles. The molecule has 0 aromatic heterocycles. The number of halogens is 6. The lowest BCUT2D eigenvalue weighted by Crippen LogP contribution is -2.44. The van der Waals surface area contributed by atoms with Gasteiger partial charge in [0.25, 0.3) is 0 Å². The molecule has 0 unspecified atom stereocenters. The van der Waals surface area contributed by atoms with Crippen molar-refractivity contribution in [3.63, 3.8) is 0 Å². The van der Waals surface area contributed by atoms with Crippen LogP contribution in [0.4, 0.5) is 17.6 Å². The number of piperazine rings is 1. The molecule has 1 heterocycles. The predicted octanol–water partition coefficient (Wildman–Crippen LogP) is 3.82. The van der Waals surface area contributed by atoms with Crippen molar-refractivity contribution in [2.45, 2.75) is 12.2 Å². The van der Waals surface area contributed by atoms with Crippen LogP contribution in [-0.4, -0.2) is 31.1 Å². The first-order valence-electron chi connectivity index (χ1n) is 6.37. The maximum Gasteiger partial charge on any atom is 0.416 e. The monoisotopic (exact) mass is 360 g/mol. The second-order valence-corrected chi connectivity index (χ2v) is 4.74. The van der Waals surface area contributed by atoms with E-state index in [1.165, 1.54) is 0 Å². The molecule has 1 N–H and O–H groups in total. The quantitative estimate of drug-likeness (QED) is 0.651. The first-order chi connectivity index (χ1) is 9.41. The van der Waals surface area contributed by atoms with E-state index in [9.17, 15) is 17.6 Å². The fourth-order valence-electron chi connectivity index (χ4n) is 2.40. The molecule has 0 aliphatic carbocycles. The van der Waals surface area contributed by atoms with E-state index in [-0.39, 0.29) is 30.4 Å². The first-order valence-corrected chi connectivity index (χ1v) is 6.37. The molecule has 1 aromatic rings. The van der Waals surface area contributed by atoms with Crippen LogP contribution < -0.4 is 5.32 Å². The molecule has 0 saturated carbocycles. The lowest BCUT2D eigenvalue weighted by atomic mass is 10.0. The SMILES string of the molecule is C=C[C@H](c1cc(F)cc(C(F)(F)F)c1)N1CCNCC1.Cl.Cl. The molecule has 1 fully saturated rings. The van der Waals surface area contributed by atoms with E-state index < -0.39 is 23.6 Å². The highest BCUT2D eigenvalue weighted by atomic mass is 35.5.